The lowest BCUT2D eigenvalue weighted by Gasteiger charge is -2.12. The molecule has 0 aliphatic carbocycles. The van der Waals surface area contributed by atoms with E-state index in [1.807, 2.05) is 18.2 Å². The average Bonchev–Trinajstić information content (AvgIpc) is 2.66. The van der Waals surface area contributed by atoms with Gasteiger partial charge in [-0.05, 0) is 40.2 Å². The molecular weight excluding hydrogens is 404 g/mol. The van der Waals surface area contributed by atoms with Gasteiger partial charge in [-0.1, -0.05) is 12.1 Å². The predicted molar refractivity (Wildman–Crippen MR) is 101 cm³/mol. The Morgan fingerprint density at radius 3 is 2.31 bits per heavy atom. The molecule has 0 aliphatic heterocycles. The number of carbonyl (C=O) groups is 1. The summed E-state index contributed by atoms with van der Waals surface area (Å²) in [6.45, 7) is -0.158. The molecule has 1 N–H and O–H groups in total. The highest BCUT2D eigenvalue weighted by atomic mass is 79.9. The van der Waals surface area contributed by atoms with Gasteiger partial charge in [0.15, 0.2) is 18.1 Å². The first kappa shape index (κ1) is 19.6. The number of methoxy groups -OCH3 is 3. The van der Waals surface area contributed by atoms with Crippen LogP contribution in [-0.2, 0) is 4.79 Å². The van der Waals surface area contributed by atoms with Crippen LogP contribution in [0.5, 0.6) is 23.0 Å². The molecule has 0 fully saturated rings. The molecule has 0 heterocycles. The maximum Gasteiger partial charge on any atom is 0.277 e. The zero-order valence-electron chi connectivity index (χ0n) is 14.6. The molecule has 1 amide bonds. The molecule has 0 saturated heterocycles. The largest absolute Gasteiger partial charge is 0.493 e. The summed E-state index contributed by atoms with van der Waals surface area (Å²) in [6, 6.07) is 10.7. The summed E-state index contributed by atoms with van der Waals surface area (Å²) in [5.41, 5.74) is 3.07. The number of amides is 1. The molecular formula is C18H19BrN2O5. The third kappa shape index (κ3) is 5.13. The van der Waals surface area contributed by atoms with Crippen LogP contribution in [0, 0.1) is 0 Å². The van der Waals surface area contributed by atoms with Gasteiger partial charge in [0, 0.05) is 5.56 Å². The Morgan fingerprint density at radius 2 is 1.73 bits per heavy atom. The molecule has 0 aliphatic rings. The van der Waals surface area contributed by atoms with Crippen molar-refractivity contribution in [3.8, 4) is 23.0 Å². The zero-order valence-corrected chi connectivity index (χ0v) is 16.2. The maximum absolute atomic E-state index is 11.8. The Morgan fingerprint density at radius 1 is 1.08 bits per heavy atom. The van der Waals surface area contributed by atoms with E-state index >= 15 is 0 Å². The minimum absolute atomic E-state index is 0.158. The molecule has 2 rings (SSSR count). The lowest BCUT2D eigenvalue weighted by molar-refractivity contribution is -0.123. The van der Waals surface area contributed by atoms with Crippen LogP contribution < -0.4 is 24.4 Å². The van der Waals surface area contributed by atoms with Gasteiger partial charge in [-0.15, -0.1) is 0 Å². The maximum atomic E-state index is 11.8. The average molecular weight is 423 g/mol. The molecule has 138 valence electrons. The van der Waals surface area contributed by atoms with Gasteiger partial charge < -0.3 is 18.9 Å². The number of ether oxygens (including phenoxy) is 4. The molecule has 26 heavy (non-hydrogen) atoms. The Labute approximate surface area is 160 Å². The van der Waals surface area contributed by atoms with E-state index in [0.29, 0.717) is 28.6 Å². The van der Waals surface area contributed by atoms with Crippen molar-refractivity contribution in [1.82, 2.24) is 5.43 Å². The van der Waals surface area contributed by atoms with Crippen LogP contribution in [0.15, 0.2) is 46.0 Å². The highest BCUT2D eigenvalue weighted by Crippen LogP contribution is 2.37. The molecule has 2 aromatic carbocycles. The molecule has 2 aromatic rings. The molecule has 0 atom stereocenters. The minimum Gasteiger partial charge on any atom is -0.493 e. The number of nitrogens with one attached hydrogen (secondary N) is 1. The van der Waals surface area contributed by atoms with Crippen molar-refractivity contribution in [1.29, 1.82) is 0 Å². The van der Waals surface area contributed by atoms with Gasteiger partial charge in [-0.3, -0.25) is 4.79 Å². The van der Waals surface area contributed by atoms with Crippen LogP contribution in [-0.4, -0.2) is 40.1 Å². The van der Waals surface area contributed by atoms with Gasteiger partial charge in [0.2, 0.25) is 5.75 Å². The number of hydrogen-bond donors (Lipinski definition) is 1. The van der Waals surface area contributed by atoms with Crippen molar-refractivity contribution >= 4 is 28.1 Å². The van der Waals surface area contributed by atoms with E-state index in [1.54, 1.807) is 18.2 Å². The molecule has 0 saturated carbocycles. The zero-order chi connectivity index (χ0) is 18.9. The smallest absolute Gasteiger partial charge is 0.277 e. The van der Waals surface area contributed by atoms with Crippen LogP contribution in [0.25, 0.3) is 0 Å². The van der Waals surface area contributed by atoms with E-state index in [0.717, 1.165) is 4.47 Å². The van der Waals surface area contributed by atoms with Gasteiger partial charge >= 0.3 is 0 Å². The van der Waals surface area contributed by atoms with Crippen LogP contribution in [0.4, 0.5) is 0 Å². The molecule has 0 radical (unpaired) electrons. The molecule has 0 spiro atoms. The van der Waals surface area contributed by atoms with E-state index in [4.69, 9.17) is 18.9 Å². The van der Waals surface area contributed by atoms with Crippen LogP contribution in [0.1, 0.15) is 5.56 Å². The van der Waals surface area contributed by atoms with E-state index < -0.39 is 0 Å². The van der Waals surface area contributed by atoms with Crippen molar-refractivity contribution in [2.45, 2.75) is 0 Å². The van der Waals surface area contributed by atoms with Crippen molar-refractivity contribution < 1.29 is 23.7 Å². The van der Waals surface area contributed by atoms with Crippen LogP contribution in [0.3, 0.4) is 0 Å². The Kier molecular flexibility index (Phi) is 7.28. The second kappa shape index (κ2) is 9.67. The van der Waals surface area contributed by atoms with Crippen molar-refractivity contribution in [2.24, 2.45) is 5.10 Å². The number of benzene rings is 2. The van der Waals surface area contributed by atoms with Gasteiger partial charge in [-0.2, -0.15) is 5.10 Å². The lowest BCUT2D eigenvalue weighted by Crippen LogP contribution is -2.24. The Bertz CT molecular complexity index is 770. The fraction of sp³-hybridized carbons (Fsp3) is 0.222. The van der Waals surface area contributed by atoms with E-state index in [2.05, 4.69) is 26.5 Å². The van der Waals surface area contributed by atoms with Crippen molar-refractivity contribution in [2.75, 3.05) is 27.9 Å². The molecule has 7 nitrogen and oxygen atoms in total. The number of rotatable bonds is 8. The third-order valence-corrected chi connectivity index (χ3v) is 3.94. The SMILES string of the molecule is COc1cc(/C=N/NC(=O)COc2ccccc2Br)cc(OC)c1OC. The Hall–Kier alpha value is -2.74. The first-order chi connectivity index (χ1) is 12.6. The molecule has 0 unspecified atom stereocenters. The summed E-state index contributed by atoms with van der Waals surface area (Å²) < 4.78 is 22.0. The monoisotopic (exact) mass is 422 g/mol. The van der Waals surface area contributed by atoms with Crippen LogP contribution >= 0.6 is 15.9 Å². The summed E-state index contributed by atoms with van der Waals surface area (Å²) in [6.07, 6.45) is 1.47. The number of halogens is 1. The standard InChI is InChI=1S/C18H19BrN2O5/c1-23-15-8-12(9-16(24-2)18(15)25-3)10-20-21-17(22)11-26-14-7-5-4-6-13(14)19/h4-10H,11H2,1-3H3,(H,21,22)/b20-10+. The minimum atomic E-state index is -0.385. The first-order valence-electron chi connectivity index (χ1n) is 7.58. The highest BCUT2D eigenvalue weighted by molar-refractivity contribution is 9.10. The summed E-state index contributed by atoms with van der Waals surface area (Å²) in [7, 11) is 4.58. The number of hydrogen-bond acceptors (Lipinski definition) is 6. The van der Waals surface area contributed by atoms with Gasteiger partial charge in [0.1, 0.15) is 5.75 Å². The first-order valence-corrected chi connectivity index (χ1v) is 8.37. The lowest BCUT2D eigenvalue weighted by atomic mass is 10.2. The Balaban J connectivity index is 1.97. The fourth-order valence-electron chi connectivity index (χ4n) is 2.09. The second-order valence-corrected chi connectivity index (χ2v) is 5.83. The van der Waals surface area contributed by atoms with Gasteiger partial charge in [-0.25, -0.2) is 5.43 Å². The summed E-state index contributed by atoms with van der Waals surface area (Å²) in [4.78, 5) is 11.8. The van der Waals surface area contributed by atoms with E-state index in [-0.39, 0.29) is 12.5 Å². The normalized spacial score (nSPS) is 10.5. The number of hydrazone groups is 1. The van der Waals surface area contributed by atoms with Gasteiger partial charge in [0.25, 0.3) is 5.91 Å². The molecule has 0 aromatic heterocycles. The van der Waals surface area contributed by atoms with Crippen molar-refractivity contribution in [3.05, 3.63) is 46.4 Å². The topological polar surface area (TPSA) is 78.4 Å². The number of para-hydroxylation sites is 1. The van der Waals surface area contributed by atoms with E-state index in [9.17, 15) is 4.79 Å². The number of carbonyl (C=O) groups excluding carboxylic acids is 1. The summed E-state index contributed by atoms with van der Waals surface area (Å²) in [5, 5.41) is 3.91. The second-order valence-electron chi connectivity index (χ2n) is 4.97. The van der Waals surface area contributed by atoms with E-state index in [1.165, 1.54) is 27.5 Å². The fourth-order valence-corrected chi connectivity index (χ4v) is 2.49. The van der Waals surface area contributed by atoms with Crippen LogP contribution in [0.2, 0.25) is 0 Å². The van der Waals surface area contributed by atoms with Gasteiger partial charge in [0.05, 0.1) is 32.0 Å². The quantitative estimate of drug-likeness (QED) is 0.522. The number of nitrogens with zero attached hydrogens (tertiary/aromatic N) is 1. The summed E-state index contributed by atoms with van der Waals surface area (Å²) >= 11 is 3.35. The molecule has 0 bridgehead atoms. The van der Waals surface area contributed by atoms with Crippen molar-refractivity contribution in [3.63, 3.8) is 0 Å². The third-order valence-electron chi connectivity index (χ3n) is 3.29. The predicted octanol–water partition coefficient (Wildman–Crippen LogP) is 3.00. The summed E-state index contributed by atoms with van der Waals surface area (Å²) in [5.74, 6) is 1.67. The molecule has 8 heteroatoms. The highest BCUT2D eigenvalue weighted by Gasteiger charge is 2.12.